The quantitative estimate of drug-likeness (QED) is 0.757. The topological polar surface area (TPSA) is 40.5 Å². The van der Waals surface area contributed by atoms with Crippen molar-refractivity contribution in [2.45, 2.75) is 57.8 Å². The largest absolute Gasteiger partial charge is 0.512 e. The molecular weight excluding hydrogens is 241 g/mol. The van der Waals surface area contributed by atoms with Gasteiger partial charge in [0, 0.05) is 12.1 Å². The predicted octanol–water partition coefficient (Wildman–Crippen LogP) is 1.48. The molecule has 0 aromatic carbocycles. The van der Waals surface area contributed by atoms with E-state index in [1.807, 2.05) is 38.3 Å². The van der Waals surface area contributed by atoms with Gasteiger partial charge in [-0.25, -0.2) is 0 Å². The Bertz CT molecular complexity index is 544. The van der Waals surface area contributed by atoms with Gasteiger partial charge in [0.25, 0.3) is 0 Å². The van der Waals surface area contributed by atoms with Crippen LogP contribution >= 0.6 is 0 Å². The van der Waals surface area contributed by atoms with Crippen LogP contribution in [-0.4, -0.2) is 22.9 Å². The Morgan fingerprint density at radius 3 is 2.26 bits per heavy atom. The zero-order valence-electron chi connectivity index (χ0n) is 12.0. The molecule has 1 saturated carbocycles. The number of rotatable bonds is 2. The predicted molar refractivity (Wildman–Crippen MR) is 74.7 cm³/mol. The standard InChI is InChI=1S/C14H20BNO3/c1-13(2)14(3,4)19-15(18-13)11-6-5-7-12(17)16(11)10-8-9-10/h5-7,10H,8-9H2,1-4H3. The van der Waals surface area contributed by atoms with Crippen molar-refractivity contribution in [1.82, 2.24) is 4.57 Å². The van der Waals surface area contributed by atoms with Crippen LogP contribution in [-0.2, 0) is 9.31 Å². The number of nitrogens with zero attached hydrogens (tertiary/aromatic N) is 1. The van der Waals surface area contributed by atoms with Crippen molar-refractivity contribution < 1.29 is 9.31 Å². The molecule has 0 spiro atoms. The lowest BCUT2D eigenvalue weighted by Crippen LogP contribution is -2.45. The lowest BCUT2D eigenvalue weighted by molar-refractivity contribution is 0.00578. The molecule has 0 radical (unpaired) electrons. The Hall–Kier alpha value is -1.07. The normalized spacial score (nSPS) is 24.7. The van der Waals surface area contributed by atoms with Gasteiger partial charge in [-0.15, -0.1) is 0 Å². The molecule has 102 valence electrons. The SMILES string of the molecule is CC1(C)OB(c2cccc(=O)n2C2CC2)OC1(C)C. The molecule has 2 fully saturated rings. The number of hydrogen-bond acceptors (Lipinski definition) is 3. The minimum absolute atomic E-state index is 0.0368. The van der Waals surface area contributed by atoms with E-state index in [0.717, 1.165) is 18.4 Å². The first-order valence-corrected chi connectivity index (χ1v) is 6.89. The number of hydrogen-bond donors (Lipinski definition) is 0. The molecule has 19 heavy (non-hydrogen) atoms. The van der Waals surface area contributed by atoms with E-state index >= 15 is 0 Å². The van der Waals surface area contributed by atoms with Crippen molar-refractivity contribution in [1.29, 1.82) is 0 Å². The van der Waals surface area contributed by atoms with Gasteiger partial charge in [0.1, 0.15) is 0 Å². The Morgan fingerprint density at radius 2 is 1.74 bits per heavy atom. The first-order chi connectivity index (χ1) is 8.82. The highest BCUT2D eigenvalue weighted by Gasteiger charge is 2.53. The molecule has 0 atom stereocenters. The molecule has 5 heteroatoms. The smallest absolute Gasteiger partial charge is 0.398 e. The van der Waals surface area contributed by atoms with Crippen LogP contribution in [0.3, 0.4) is 0 Å². The van der Waals surface area contributed by atoms with E-state index in [9.17, 15) is 4.79 Å². The molecule has 1 aromatic heterocycles. The van der Waals surface area contributed by atoms with Gasteiger partial charge in [0.2, 0.25) is 5.56 Å². The highest BCUT2D eigenvalue weighted by molar-refractivity contribution is 6.61. The Balaban J connectivity index is 2.01. The van der Waals surface area contributed by atoms with Gasteiger partial charge < -0.3 is 13.9 Å². The minimum atomic E-state index is -0.459. The van der Waals surface area contributed by atoms with E-state index in [0.29, 0.717) is 6.04 Å². The van der Waals surface area contributed by atoms with Crippen LogP contribution in [0, 0.1) is 0 Å². The summed E-state index contributed by atoms with van der Waals surface area (Å²) in [7, 11) is -0.459. The third-order valence-electron chi connectivity index (χ3n) is 4.43. The van der Waals surface area contributed by atoms with Gasteiger partial charge in [-0.05, 0) is 46.6 Å². The van der Waals surface area contributed by atoms with E-state index in [1.54, 1.807) is 12.1 Å². The van der Waals surface area contributed by atoms with Gasteiger partial charge >= 0.3 is 7.12 Å². The summed E-state index contributed by atoms with van der Waals surface area (Å²) in [5.74, 6) is 0. The number of aromatic nitrogens is 1. The highest BCUT2D eigenvalue weighted by atomic mass is 16.7. The van der Waals surface area contributed by atoms with Gasteiger partial charge in [0.05, 0.1) is 16.8 Å². The zero-order valence-corrected chi connectivity index (χ0v) is 12.0. The fourth-order valence-electron chi connectivity index (χ4n) is 2.40. The number of pyridine rings is 1. The van der Waals surface area contributed by atoms with Crippen LogP contribution in [0.5, 0.6) is 0 Å². The summed E-state index contributed by atoms with van der Waals surface area (Å²) in [5.41, 5.74) is 0.124. The fraction of sp³-hybridized carbons (Fsp3) is 0.643. The van der Waals surface area contributed by atoms with Crippen molar-refractivity contribution in [3.63, 3.8) is 0 Å². The average Bonchev–Trinajstić information content (AvgIpc) is 3.07. The van der Waals surface area contributed by atoms with Crippen LogP contribution in [0.2, 0.25) is 0 Å². The Kier molecular flexibility index (Phi) is 2.70. The summed E-state index contributed by atoms with van der Waals surface area (Å²) in [6, 6.07) is 5.64. The van der Waals surface area contributed by atoms with Crippen molar-refractivity contribution in [2.24, 2.45) is 0 Å². The average molecular weight is 261 g/mol. The molecule has 0 unspecified atom stereocenters. The minimum Gasteiger partial charge on any atom is -0.398 e. The van der Waals surface area contributed by atoms with Gasteiger partial charge in [-0.2, -0.15) is 0 Å². The van der Waals surface area contributed by atoms with E-state index in [-0.39, 0.29) is 16.8 Å². The summed E-state index contributed by atoms with van der Waals surface area (Å²) >= 11 is 0. The van der Waals surface area contributed by atoms with Gasteiger partial charge in [-0.3, -0.25) is 4.79 Å². The molecule has 1 saturated heterocycles. The van der Waals surface area contributed by atoms with Crippen molar-refractivity contribution in [2.75, 3.05) is 0 Å². The molecule has 0 bridgehead atoms. The zero-order chi connectivity index (χ0) is 13.8. The Morgan fingerprint density at radius 1 is 1.16 bits per heavy atom. The van der Waals surface area contributed by atoms with Gasteiger partial charge in [-0.1, -0.05) is 6.07 Å². The molecule has 1 aliphatic carbocycles. The lowest BCUT2D eigenvalue weighted by Gasteiger charge is -2.32. The van der Waals surface area contributed by atoms with Crippen molar-refractivity contribution in [3.8, 4) is 0 Å². The first-order valence-electron chi connectivity index (χ1n) is 6.89. The molecule has 1 aliphatic heterocycles. The van der Waals surface area contributed by atoms with E-state index in [4.69, 9.17) is 9.31 Å². The maximum atomic E-state index is 12.1. The Labute approximate surface area is 113 Å². The second-order valence-electron chi connectivity index (χ2n) is 6.48. The molecule has 1 aromatic rings. The van der Waals surface area contributed by atoms with E-state index in [2.05, 4.69) is 0 Å². The highest BCUT2D eigenvalue weighted by Crippen LogP contribution is 2.37. The van der Waals surface area contributed by atoms with Crippen LogP contribution in [0.4, 0.5) is 0 Å². The molecule has 2 heterocycles. The van der Waals surface area contributed by atoms with Crippen LogP contribution in [0.1, 0.15) is 46.6 Å². The van der Waals surface area contributed by atoms with Crippen LogP contribution in [0.25, 0.3) is 0 Å². The van der Waals surface area contributed by atoms with Gasteiger partial charge in [0.15, 0.2) is 0 Å². The van der Waals surface area contributed by atoms with Crippen LogP contribution in [0.15, 0.2) is 23.0 Å². The second kappa shape index (κ2) is 3.96. The molecule has 4 nitrogen and oxygen atoms in total. The maximum Gasteiger partial charge on any atom is 0.512 e. The monoisotopic (exact) mass is 261 g/mol. The summed E-state index contributed by atoms with van der Waals surface area (Å²) in [6.07, 6.45) is 2.13. The summed E-state index contributed by atoms with van der Waals surface area (Å²) < 4.78 is 13.9. The molecule has 2 aliphatic rings. The molecular formula is C14H20BNO3. The molecule has 0 N–H and O–H groups in total. The third kappa shape index (κ3) is 2.05. The van der Waals surface area contributed by atoms with Crippen molar-refractivity contribution in [3.05, 3.63) is 28.6 Å². The van der Waals surface area contributed by atoms with E-state index < -0.39 is 7.12 Å². The summed E-state index contributed by atoms with van der Waals surface area (Å²) in [5, 5.41) is 0. The summed E-state index contributed by atoms with van der Waals surface area (Å²) in [6.45, 7) is 8.09. The van der Waals surface area contributed by atoms with E-state index in [1.165, 1.54) is 0 Å². The maximum absolute atomic E-state index is 12.1. The second-order valence-corrected chi connectivity index (χ2v) is 6.48. The molecule has 0 amide bonds. The third-order valence-corrected chi connectivity index (χ3v) is 4.43. The first kappa shape index (κ1) is 12.9. The fourth-order valence-corrected chi connectivity index (χ4v) is 2.40. The lowest BCUT2D eigenvalue weighted by atomic mass is 9.83. The van der Waals surface area contributed by atoms with Crippen molar-refractivity contribution >= 4 is 12.7 Å². The summed E-state index contributed by atoms with van der Waals surface area (Å²) in [4.78, 5) is 12.1. The molecule has 3 rings (SSSR count). The van der Waals surface area contributed by atoms with Crippen LogP contribution < -0.4 is 11.2 Å².